The summed E-state index contributed by atoms with van der Waals surface area (Å²) in [5.74, 6) is 0.715. The molecule has 1 aromatic heterocycles. The van der Waals surface area contributed by atoms with Gasteiger partial charge in [0.05, 0.1) is 4.92 Å². The summed E-state index contributed by atoms with van der Waals surface area (Å²) < 4.78 is 0. The van der Waals surface area contributed by atoms with E-state index in [1.54, 1.807) is 0 Å². The molecule has 0 aliphatic rings. The first-order chi connectivity index (χ1) is 8.66. The van der Waals surface area contributed by atoms with Gasteiger partial charge in [-0.05, 0) is 12.1 Å². The third kappa shape index (κ3) is 2.95. The molecule has 0 amide bonds. The van der Waals surface area contributed by atoms with Crippen molar-refractivity contribution in [1.82, 2.24) is 15.2 Å². The number of rotatable bonds is 5. The summed E-state index contributed by atoms with van der Waals surface area (Å²) in [5.41, 5.74) is 0.393. The minimum atomic E-state index is -0.451. The Kier molecular flexibility index (Phi) is 3.73. The lowest BCUT2D eigenvalue weighted by Gasteiger charge is -2.06. The van der Waals surface area contributed by atoms with Crippen molar-refractivity contribution >= 4 is 23.0 Å². The van der Waals surface area contributed by atoms with Crippen LogP contribution in [0.1, 0.15) is 5.82 Å². The quantitative estimate of drug-likeness (QED) is 0.638. The number of benzene rings is 1. The summed E-state index contributed by atoms with van der Waals surface area (Å²) in [4.78, 5) is 14.3. The highest BCUT2D eigenvalue weighted by Crippen LogP contribution is 2.27. The minimum absolute atomic E-state index is 0.00281. The van der Waals surface area contributed by atoms with Gasteiger partial charge < -0.3 is 5.32 Å². The molecule has 0 bridgehead atoms. The summed E-state index contributed by atoms with van der Waals surface area (Å²) in [6.07, 6.45) is 2.00. The maximum absolute atomic E-state index is 10.8. The molecule has 0 saturated carbocycles. The van der Waals surface area contributed by atoms with Crippen molar-refractivity contribution < 1.29 is 4.92 Å². The molecule has 0 radical (unpaired) electrons. The predicted molar refractivity (Wildman–Crippen MR) is 66.7 cm³/mol. The van der Waals surface area contributed by atoms with Gasteiger partial charge in [-0.15, -0.1) is 0 Å². The van der Waals surface area contributed by atoms with Gasteiger partial charge in [0.1, 0.15) is 17.8 Å². The van der Waals surface area contributed by atoms with E-state index in [-0.39, 0.29) is 5.69 Å². The number of halogens is 1. The number of anilines is 1. The van der Waals surface area contributed by atoms with E-state index in [0.29, 0.717) is 29.5 Å². The van der Waals surface area contributed by atoms with Gasteiger partial charge in [-0.1, -0.05) is 11.6 Å². The molecule has 0 aliphatic carbocycles. The van der Waals surface area contributed by atoms with Crippen molar-refractivity contribution in [1.29, 1.82) is 0 Å². The van der Waals surface area contributed by atoms with Crippen LogP contribution < -0.4 is 5.32 Å². The lowest BCUT2D eigenvalue weighted by atomic mass is 10.2. The first-order valence-corrected chi connectivity index (χ1v) is 5.56. The predicted octanol–water partition coefficient (Wildman–Crippen LogP) is 2.02. The largest absolute Gasteiger partial charge is 0.379 e. The molecule has 0 saturated heterocycles. The topological polar surface area (TPSA) is 96.7 Å². The van der Waals surface area contributed by atoms with E-state index in [0.717, 1.165) is 0 Å². The van der Waals surface area contributed by atoms with Crippen LogP contribution in [0.3, 0.4) is 0 Å². The molecule has 2 aromatic rings. The minimum Gasteiger partial charge on any atom is -0.379 e. The van der Waals surface area contributed by atoms with Gasteiger partial charge in [0.15, 0.2) is 0 Å². The van der Waals surface area contributed by atoms with Crippen LogP contribution in [0.15, 0.2) is 24.5 Å². The van der Waals surface area contributed by atoms with Crippen molar-refractivity contribution in [3.63, 3.8) is 0 Å². The Hall–Kier alpha value is -2.15. The summed E-state index contributed by atoms with van der Waals surface area (Å²) >= 11 is 5.81. The highest BCUT2D eigenvalue weighted by molar-refractivity contribution is 6.31. The van der Waals surface area contributed by atoms with Crippen LogP contribution in [0.4, 0.5) is 11.4 Å². The Morgan fingerprint density at radius 2 is 2.33 bits per heavy atom. The monoisotopic (exact) mass is 267 g/mol. The third-order valence-corrected chi connectivity index (χ3v) is 2.53. The number of hydrogen-bond donors (Lipinski definition) is 2. The molecule has 2 N–H and O–H groups in total. The van der Waals surface area contributed by atoms with E-state index in [2.05, 4.69) is 20.5 Å². The molecular weight excluding hydrogens is 258 g/mol. The van der Waals surface area contributed by atoms with E-state index in [1.807, 2.05) is 0 Å². The highest BCUT2D eigenvalue weighted by Gasteiger charge is 2.13. The molecule has 0 aliphatic heterocycles. The van der Waals surface area contributed by atoms with E-state index in [4.69, 9.17) is 11.6 Å². The van der Waals surface area contributed by atoms with Crippen molar-refractivity contribution in [2.75, 3.05) is 11.9 Å². The molecule has 2 rings (SSSR count). The second-order valence-electron chi connectivity index (χ2n) is 3.53. The Balaban J connectivity index is 2.03. The van der Waals surface area contributed by atoms with Gasteiger partial charge in [0.25, 0.3) is 5.69 Å². The van der Waals surface area contributed by atoms with E-state index < -0.39 is 4.92 Å². The van der Waals surface area contributed by atoms with Crippen LogP contribution in [0, 0.1) is 10.1 Å². The molecule has 7 nitrogen and oxygen atoms in total. The molecule has 0 atom stereocenters. The molecule has 1 aromatic carbocycles. The van der Waals surface area contributed by atoms with Crippen molar-refractivity contribution in [2.24, 2.45) is 0 Å². The van der Waals surface area contributed by atoms with Gasteiger partial charge in [-0.2, -0.15) is 5.10 Å². The number of H-pyrrole nitrogens is 1. The number of nitrogens with zero attached hydrogens (tertiary/aromatic N) is 3. The van der Waals surface area contributed by atoms with Crippen LogP contribution >= 0.6 is 11.6 Å². The van der Waals surface area contributed by atoms with Crippen molar-refractivity contribution in [3.05, 3.63) is 45.5 Å². The molecule has 1 heterocycles. The second-order valence-corrected chi connectivity index (χ2v) is 3.96. The van der Waals surface area contributed by atoms with Gasteiger partial charge in [0, 0.05) is 24.1 Å². The van der Waals surface area contributed by atoms with Gasteiger partial charge in [-0.25, -0.2) is 4.98 Å². The molecule has 0 fully saturated rings. The molecule has 94 valence electrons. The standard InChI is InChI=1S/C10H10ClN5O2/c11-7-1-2-9(16(17)18)8(5-7)12-4-3-10-13-6-14-15-10/h1-2,5-6,12H,3-4H2,(H,13,14,15). The number of aromatic nitrogens is 3. The highest BCUT2D eigenvalue weighted by atomic mass is 35.5. The zero-order valence-corrected chi connectivity index (χ0v) is 10.0. The summed E-state index contributed by atoms with van der Waals surface area (Å²) in [7, 11) is 0. The SMILES string of the molecule is O=[N+]([O-])c1ccc(Cl)cc1NCCc1ncn[nH]1. The van der Waals surface area contributed by atoms with Crippen LogP contribution in [-0.2, 0) is 6.42 Å². The summed E-state index contributed by atoms with van der Waals surface area (Å²) in [5, 5.41) is 20.7. The number of nitro benzene ring substituents is 1. The number of hydrogen-bond acceptors (Lipinski definition) is 5. The van der Waals surface area contributed by atoms with Gasteiger partial charge in [-0.3, -0.25) is 15.2 Å². The normalized spacial score (nSPS) is 10.3. The zero-order chi connectivity index (χ0) is 13.0. The Morgan fingerprint density at radius 1 is 1.50 bits per heavy atom. The Morgan fingerprint density at radius 3 is 3.00 bits per heavy atom. The smallest absolute Gasteiger partial charge is 0.292 e. The molecule has 0 unspecified atom stereocenters. The van der Waals surface area contributed by atoms with Gasteiger partial charge in [0.2, 0.25) is 0 Å². The van der Waals surface area contributed by atoms with E-state index >= 15 is 0 Å². The molecule has 18 heavy (non-hydrogen) atoms. The average Bonchev–Trinajstić information content (AvgIpc) is 2.82. The maximum Gasteiger partial charge on any atom is 0.292 e. The van der Waals surface area contributed by atoms with E-state index in [1.165, 1.54) is 24.5 Å². The third-order valence-electron chi connectivity index (χ3n) is 2.30. The first-order valence-electron chi connectivity index (χ1n) is 5.19. The van der Waals surface area contributed by atoms with Crippen molar-refractivity contribution in [3.8, 4) is 0 Å². The Bertz CT molecular complexity index is 543. The summed E-state index contributed by atoms with van der Waals surface area (Å²) in [6.45, 7) is 0.496. The second kappa shape index (κ2) is 5.46. The molecule has 8 heteroatoms. The maximum atomic E-state index is 10.8. The van der Waals surface area contributed by atoms with Gasteiger partial charge >= 0.3 is 0 Å². The first kappa shape index (κ1) is 12.3. The molecule has 0 spiro atoms. The lowest BCUT2D eigenvalue weighted by molar-refractivity contribution is -0.384. The zero-order valence-electron chi connectivity index (χ0n) is 9.26. The Labute approximate surface area is 107 Å². The fourth-order valence-corrected chi connectivity index (χ4v) is 1.65. The number of aromatic amines is 1. The molecular formula is C10H10ClN5O2. The van der Waals surface area contributed by atoms with E-state index in [9.17, 15) is 10.1 Å². The van der Waals surface area contributed by atoms with Crippen LogP contribution in [0.25, 0.3) is 0 Å². The number of nitro groups is 1. The number of nitrogens with one attached hydrogen (secondary N) is 2. The van der Waals surface area contributed by atoms with Crippen LogP contribution in [0.5, 0.6) is 0 Å². The average molecular weight is 268 g/mol. The van der Waals surface area contributed by atoms with Crippen LogP contribution in [-0.4, -0.2) is 26.6 Å². The fraction of sp³-hybridized carbons (Fsp3) is 0.200. The van der Waals surface area contributed by atoms with Crippen LogP contribution in [0.2, 0.25) is 5.02 Å². The lowest BCUT2D eigenvalue weighted by Crippen LogP contribution is -2.07. The van der Waals surface area contributed by atoms with Crippen molar-refractivity contribution in [2.45, 2.75) is 6.42 Å². The fourth-order valence-electron chi connectivity index (χ4n) is 1.48. The summed E-state index contributed by atoms with van der Waals surface area (Å²) in [6, 6.07) is 4.39.